The molecule has 2 unspecified atom stereocenters. The third-order valence-electron chi connectivity index (χ3n) is 8.07. The molecule has 12 heteroatoms. The zero-order valence-corrected chi connectivity index (χ0v) is 26.2. The maximum absolute atomic E-state index is 14.6. The van der Waals surface area contributed by atoms with E-state index in [1.54, 1.807) is 38.3 Å². The number of furan rings is 1. The van der Waals surface area contributed by atoms with Gasteiger partial charge in [0.05, 0.1) is 50.6 Å². The number of amides is 1. The Kier molecular flexibility index (Phi) is 7.63. The monoisotopic (exact) mass is 636 g/mol. The molecule has 0 radical (unpaired) electrons. The molecule has 1 amide bonds. The van der Waals surface area contributed by atoms with Gasteiger partial charge in [-0.1, -0.05) is 18.5 Å². The van der Waals surface area contributed by atoms with Crippen LogP contribution < -0.4 is 24.3 Å². The quantitative estimate of drug-likeness (QED) is 0.245. The third kappa shape index (κ3) is 4.62. The van der Waals surface area contributed by atoms with Crippen molar-refractivity contribution >= 4 is 40.4 Å². The Morgan fingerprint density at radius 2 is 1.80 bits per heavy atom. The highest BCUT2D eigenvalue weighted by Crippen LogP contribution is 2.54. The molecular weight excluding hydrogens is 608 g/mol. The van der Waals surface area contributed by atoms with Crippen molar-refractivity contribution in [3.8, 4) is 34.3 Å². The van der Waals surface area contributed by atoms with Crippen LogP contribution >= 0.6 is 22.9 Å². The van der Waals surface area contributed by atoms with Gasteiger partial charge in [0.15, 0.2) is 5.75 Å². The molecule has 2 aromatic carbocycles. The fraction of sp³-hybridized carbons (Fsp3) is 0.312. The van der Waals surface area contributed by atoms with E-state index in [0.29, 0.717) is 28.4 Å². The molecule has 2 atom stereocenters. The summed E-state index contributed by atoms with van der Waals surface area (Å²) < 4.78 is 28.8. The fourth-order valence-corrected chi connectivity index (χ4v) is 6.75. The number of benzene rings is 2. The lowest BCUT2D eigenvalue weighted by atomic mass is 9.70. The number of hydrogen-bond donors (Lipinski definition) is 1. The number of carbonyl (C=O) groups excluding carboxylic acids is 3. The van der Waals surface area contributed by atoms with Gasteiger partial charge in [-0.15, -0.1) is 11.3 Å². The van der Waals surface area contributed by atoms with E-state index in [4.69, 9.17) is 35.0 Å². The topological polar surface area (TPSA) is 126 Å². The summed E-state index contributed by atoms with van der Waals surface area (Å²) in [5, 5.41) is 5.71. The maximum Gasteiger partial charge on any atom is 0.237 e. The number of carbonyl (C=O) groups is 3. The molecule has 10 nitrogen and oxygen atoms in total. The lowest BCUT2D eigenvalue weighted by Gasteiger charge is -2.35. The van der Waals surface area contributed by atoms with E-state index >= 15 is 0 Å². The summed E-state index contributed by atoms with van der Waals surface area (Å²) in [5.74, 6) is -0.355. The number of aryl methyl sites for hydroxylation is 1. The van der Waals surface area contributed by atoms with E-state index in [1.165, 1.54) is 31.6 Å². The number of nitrogens with zero attached hydrogens (tertiary/aromatic N) is 1. The lowest BCUT2D eigenvalue weighted by molar-refractivity contribution is -0.120. The van der Waals surface area contributed by atoms with Crippen molar-refractivity contribution in [3.05, 3.63) is 73.9 Å². The van der Waals surface area contributed by atoms with Gasteiger partial charge in [0, 0.05) is 34.9 Å². The Bertz CT molecular complexity index is 1810. The number of nitrogens with one attached hydrogen (secondary N) is 1. The second kappa shape index (κ2) is 11.3. The first kappa shape index (κ1) is 29.7. The molecule has 1 aliphatic heterocycles. The number of ketones is 2. The molecule has 44 heavy (non-hydrogen) atoms. The molecule has 6 rings (SSSR count). The molecular formula is C32H29ClN2O8S. The molecule has 2 aromatic heterocycles. The fourth-order valence-electron chi connectivity index (χ4n) is 5.88. The number of methoxy groups -OCH3 is 3. The van der Waals surface area contributed by atoms with Gasteiger partial charge in [0.25, 0.3) is 0 Å². The minimum atomic E-state index is -1.94. The normalized spacial score (nSPS) is 18.5. The summed E-state index contributed by atoms with van der Waals surface area (Å²) in [6.07, 6.45) is 0.0132. The van der Waals surface area contributed by atoms with Crippen LogP contribution in [-0.2, 0) is 24.2 Å². The van der Waals surface area contributed by atoms with Gasteiger partial charge in [-0.2, -0.15) is 0 Å². The summed E-state index contributed by atoms with van der Waals surface area (Å²) in [6.45, 7) is 3.87. The molecule has 228 valence electrons. The number of rotatable bonds is 8. The number of Topliss-reactive ketones (excluding diaryl/α,β-unsaturated/α-hetero) is 2. The molecule has 4 aromatic rings. The van der Waals surface area contributed by atoms with Crippen LogP contribution in [0.4, 0.5) is 0 Å². The summed E-state index contributed by atoms with van der Waals surface area (Å²) in [7, 11) is 4.40. The van der Waals surface area contributed by atoms with Crippen molar-refractivity contribution < 1.29 is 37.7 Å². The van der Waals surface area contributed by atoms with E-state index in [-0.39, 0.29) is 58.7 Å². The van der Waals surface area contributed by atoms with Crippen molar-refractivity contribution in [2.75, 3.05) is 21.3 Å². The Balaban J connectivity index is 1.44. The summed E-state index contributed by atoms with van der Waals surface area (Å²) in [5.41, 5.74) is 0.0115. The van der Waals surface area contributed by atoms with Gasteiger partial charge in [0.2, 0.25) is 23.1 Å². The highest BCUT2D eigenvalue weighted by atomic mass is 35.5. The van der Waals surface area contributed by atoms with Gasteiger partial charge in [-0.3, -0.25) is 14.4 Å². The molecule has 0 bridgehead atoms. The predicted octanol–water partition coefficient (Wildman–Crippen LogP) is 5.64. The first-order chi connectivity index (χ1) is 21.1. The van der Waals surface area contributed by atoms with Gasteiger partial charge in [-0.05, 0) is 31.2 Å². The smallest absolute Gasteiger partial charge is 0.237 e. The van der Waals surface area contributed by atoms with Gasteiger partial charge in [0.1, 0.15) is 39.4 Å². The number of halogens is 1. The van der Waals surface area contributed by atoms with Crippen molar-refractivity contribution in [3.63, 3.8) is 0 Å². The van der Waals surface area contributed by atoms with Crippen LogP contribution in [0.2, 0.25) is 5.02 Å². The molecule has 0 fully saturated rings. The van der Waals surface area contributed by atoms with Gasteiger partial charge in [-0.25, -0.2) is 4.98 Å². The van der Waals surface area contributed by atoms with Crippen LogP contribution in [0.5, 0.6) is 23.0 Å². The number of fused-ring (bicyclic) bond motifs is 2. The van der Waals surface area contributed by atoms with Crippen molar-refractivity contribution in [1.82, 2.24) is 10.3 Å². The molecule has 1 spiro atoms. The Morgan fingerprint density at radius 3 is 2.43 bits per heavy atom. The second-order valence-electron chi connectivity index (χ2n) is 10.6. The minimum Gasteiger partial charge on any atom is -0.497 e. The standard InChI is InChI=1S/C32H29ClN2O8S/c1-15-10-22-25(30(37)32(15)31(38)26-21(40-4)12-23(41-5)27(33)29(26)43-32)20(11-24(36)34-13-18-14-44-16(2)35-18)28(42-22)17-6-8-19(39-3)9-7-17/h6-9,12,14-15H,10-11,13H2,1-5H3,(H,34,36). The van der Waals surface area contributed by atoms with Crippen molar-refractivity contribution in [2.24, 2.45) is 5.92 Å². The molecule has 0 saturated carbocycles. The summed E-state index contributed by atoms with van der Waals surface area (Å²) in [4.78, 5) is 46.6. The first-order valence-corrected chi connectivity index (χ1v) is 15.1. The number of thiazole rings is 1. The SMILES string of the molecule is COc1ccc(-c2oc3c(c2CC(=O)NCc2csc(C)n2)C(=O)C2(Oc4c(Cl)c(OC)cc(OC)c4C2=O)C(C)C3)cc1. The van der Waals surface area contributed by atoms with Crippen molar-refractivity contribution in [2.45, 2.75) is 38.8 Å². The molecule has 1 aliphatic carbocycles. The third-order valence-corrected chi connectivity index (χ3v) is 9.25. The number of aromatic nitrogens is 1. The van der Waals surface area contributed by atoms with Crippen LogP contribution in [0.15, 0.2) is 40.1 Å². The predicted molar refractivity (Wildman–Crippen MR) is 163 cm³/mol. The second-order valence-corrected chi connectivity index (χ2v) is 12.1. The van der Waals surface area contributed by atoms with E-state index in [0.717, 1.165) is 10.7 Å². The summed E-state index contributed by atoms with van der Waals surface area (Å²) >= 11 is 8.08. The van der Waals surface area contributed by atoms with Crippen LogP contribution in [0.1, 0.15) is 49.7 Å². The lowest BCUT2D eigenvalue weighted by Crippen LogP contribution is -2.56. The zero-order valence-electron chi connectivity index (χ0n) is 24.7. The van der Waals surface area contributed by atoms with Gasteiger partial charge < -0.3 is 28.7 Å². The highest BCUT2D eigenvalue weighted by molar-refractivity contribution is 7.09. The number of ether oxygens (including phenoxy) is 4. The van der Waals surface area contributed by atoms with E-state index in [2.05, 4.69) is 10.3 Å². The van der Waals surface area contributed by atoms with Crippen molar-refractivity contribution in [1.29, 1.82) is 0 Å². The van der Waals surface area contributed by atoms with Crippen LogP contribution in [0, 0.1) is 12.8 Å². The van der Waals surface area contributed by atoms with E-state index in [9.17, 15) is 14.4 Å². The van der Waals surface area contributed by atoms with E-state index in [1.807, 2.05) is 12.3 Å². The minimum absolute atomic E-state index is 0.0215. The highest BCUT2D eigenvalue weighted by Gasteiger charge is 2.63. The van der Waals surface area contributed by atoms with Crippen LogP contribution in [0.25, 0.3) is 11.3 Å². The molecule has 3 heterocycles. The average molecular weight is 637 g/mol. The Hall–Kier alpha value is -4.35. The van der Waals surface area contributed by atoms with Gasteiger partial charge >= 0.3 is 0 Å². The molecule has 2 aliphatic rings. The van der Waals surface area contributed by atoms with E-state index < -0.39 is 23.1 Å². The van der Waals surface area contributed by atoms with Crippen LogP contribution in [0.3, 0.4) is 0 Å². The Labute approximate surface area is 262 Å². The number of hydrogen-bond acceptors (Lipinski definition) is 10. The Morgan fingerprint density at radius 1 is 1.09 bits per heavy atom. The maximum atomic E-state index is 14.6. The molecule has 1 N–H and O–H groups in total. The summed E-state index contributed by atoms with van der Waals surface area (Å²) in [6, 6.07) is 8.59. The largest absolute Gasteiger partial charge is 0.497 e. The van der Waals surface area contributed by atoms with Crippen LogP contribution in [-0.4, -0.2) is 49.4 Å². The zero-order chi connectivity index (χ0) is 31.3. The molecule has 0 saturated heterocycles. The first-order valence-electron chi connectivity index (χ1n) is 13.8. The average Bonchev–Trinajstić information content (AvgIpc) is 3.70.